The first-order valence-electron chi connectivity index (χ1n) is 9.11. The molecule has 0 aliphatic carbocycles. The second-order valence-corrected chi connectivity index (χ2v) is 7.38. The quantitative estimate of drug-likeness (QED) is 0.751. The fraction of sp³-hybridized carbons (Fsp3) is 0.500. The molecule has 0 spiro atoms. The van der Waals surface area contributed by atoms with Crippen LogP contribution in [0.15, 0.2) is 35.7 Å². The number of ether oxygens (including phenoxy) is 1. The maximum absolute atomic E-state index is 12.5. The first-order valence-corrected chi connectivity index (χ1v) is 9.99. The number of carbonyl (C=O) groups is 1. The summed E-state index contributed by atoms with van der Waals surface area (Å²) in [5, 5.41) is 3.10. The molecule has 25 heavy (non-hydrogen) atoms. The van der Waals surface area contributed by atoms with Crippen LogP contribution in [0.3, 0.4) is 0 Å². The van der Waals surface area contributed by atoms with E-state index < -0.39 is 0 Å². The molecule has 3 rings (SSSR count). The Morgan fingerprint density at radius 2 is 2.20 bits per heavy atom. The van der Waals surface area contributed by atoms with Crippen LogP contribution in [0.4, 0.5) is 0 Å². The van der Waals surface area contributed by atoms with Gasteiger partial charge in [-0.25, -0.2) is 4.98 Å². The number of hydrogen-bond acceptors (Lipinski definition) is 4. The largest absolute Gasteiger partial charge is 0.381 e. The van der Waals surface area contributed by atoms with Crippen LogP contribution in [0.5, 0.6) is 0 Å². The molecule has 1 fully saturated rings. The van der Waals surface area contributed by atoms with Gasteiger partial charge in [0.05, 0.1) is 12.3 Å². The molecule has 1 aromatic heterocycles. The molecule has 0 bridgehead atoms. The minimum Gasteiger partial charge on any atom is -0.381 e. The van der Waals surface area contributed by atoms with E-state index in [-0.39, 0.29) is 5.91 Å². The molecular formula is C20H26N2O2S. The molecule has 4 nitrogen and oxygen atoms in total. The fourth-order valence-electron chi connectivity index (χ4n) is 3.24. The Hall–Kier alpha value is -1.72. The van der Waals surface area contributed by atoms with Crippen LogP contribution >= 0.6 is 11.3 Å². The van der Waals surface area contributed by atoms with Gasteiger partial charge in [0.25, 0.3) is 0 Å². The number of nitrogens with zero attached hydrogens (tertiary/aromatic N) is 2. The summed E-state index contributed by atoms with van der Waals surface area (Å²) >= 11 is 1.65. The Bertz CT molecular complexity index is 671. The molecule has 5 heteroatoms. The van der Waals surface area contributed by atoms with Crippen LogP contribution < -0.4 is 0 Å². The summed E-state index contributed by atoms with van der Waals surface area (Å²) in [6.07, 6.45) is 3.50. The predicted octanol–water partition coefficient (Wildman–Crippen LogP) is 4.02. The van der Waals surface area contributed by atoms with Crippen molar-refractivity contribution in [3.63, 3.8) is 0 Å². The highest BCUT2D eigenvalue weighted by Gasteiger charge is 2.23. The lowest BCUT2D eigenvalue weighted by Gasteiger charge is -2.32. The van der Waals surface area contributed by atoms with Crippen LogP contribution in [0.1, 0.15) is 31.9 Å². The van der Waals surface area contributed by atoms with Gasteiger partial charge in [-0.1, -0.05) is 30.3 Å². The number of benzene rings is 1. The van der Waals surface area contributed by atoms with Gasteiger partial charge >= 0.3 is 0 Å². The number of aryl methyl sites for hydroxylation is 1. The van der Waals surface area contributed by atoms with Crippen molar-refractivity contribution < 1.29 is 9.53 Å². The summed E-state index contributed by atoms with van der Waals surface area (Å²) in [6.45, 7) is 5.26. The van der Waals surface area contributed by atoms with E-state index in [1.807, 2.05) is 30.0 Å². The number of likely N-dealkylation sites (tertiary alicyclic amines) is 1. The predicted molar refractivity (Wildman–Crippen MR) is 102 cm³/mol. The van der Waals surface area contributed by atoms with Gasteiger partial charge in [0.15, 0.2) is 0 Å². The Kier molecular flexibility index (Phi) is 6.59. The molecule has 0 N–H and O–H groups in total. The third-order valence-corrected chi connectivity index (χ3v) is 5.54. The van der Waals surface area contributed by atoms with Crippen molar-refractivity contribution in [3.05, 3.63) is 41.4 Å². The van der Waals surface area contributed by atoms with Crippen LogP contribution in [0.25, 0.3) is 10.6 Å². The number of carbonyl (C=O) groups excluding carboxylic acids is 1. The first-order chi connectivity index (χ1) is 12.3. The van der Waals surface area contributed by atoms with Gasteiger partial charge in [-0.05, 0) is 32.1 Å². The summed E-state index contributed by atoms with van der Waals surface area (Å²) in [7, 11) is 0. The van der Waals surface area contributed by atoms with Gasteiger partial charge < -0.3 is 9.64 Å². The topological polar surface area (TPSA) is 42.4 Å². The molecule has 1 amide bonds. The molecule has 1 aliphatic heterocycles. The summed E-state index contributed by atoms with van der Waals surface area (Å²) in [5.74, 6) is 0.733. The van der Waals surface area contributed by atoms with Crippen LogP contribution in [-0.4, -0.2) is 42.1 Å². The molecule has 0 saturated carbocycles. The maximum atomic E-state index is 12.5. The monoisotopic (exact) mass is 358 g/mol. The molecule has 0 radical (unpaired) electrons. The van der Waals surface area contributed by atoms with Crippen LogP contribution in [0, 0.1) is 5.92 Å². The van der Waals surface area contributed by atoms with Crippen molar-refractivity contribution in [2.24, 2.45) is 5.92 Å². The van der Waals surface area contributed by atoms with Gasteiger partial charge in [0, 0.05) is 37.1 Å². The number of rotatable bonds is 7. The minimum absolute atomic E-state index is 0.246. The normalized spacial score (nSPS) is 17.6. The van der Waals surface area contributed by atoms with Crippen molar-refractivity contribution >= 4 is 17.2 Å². The highest BCUT2D eigenvalue weighted by Crippen LogP contribution is 2.24. The SMILES string of the molecule is CCOCC1CCCN(C(=O)CCc2csc(-c3ccccc3)n2)C1. The number of hydrogen-bond donors (Lipinski definition) is 0. The lowest BCUT2D eigenvalue weighted by atomic mass is 9.98. The summed E-state index contributed by atoms with van der Waals surface area (Å²) in [4.78, 5) is 19.2. The standard InChI is InChI=1S/C20H26N2O2S/c1-2-24-14-16-7-6-12-22(13-16)19(23)11-10-18-15-25-20(21-18)17-8-4-3-5-9-17/h3-5,8-9,15-16H,2,6-7,10-14H2,1H3. The second-order valence-electron chi connectivity index (χ2n) is 6.52. The lowest BCUT2D eigenvalue weighted by molar-refractivity contribution is -0.133. The van der Waals surface area contributed by atoms with E-state index in [1.165, 1.54) is 0 Å². The first kappa shape index (κ1) is 18.1. The summed E-state index contributed by atoms with van der Waals surface area (Å²) in [5.41, 5.74) is 2.15. The van der Waals surface area contributed by atoms with Gasteiger partial charge in [0.2, 0.25) is 5.91 Å². The van der Waals surface area contributed by atoms with Crippen molar-refractivity contribution in [1.82, 2.24) is 9.88 Å². The molecule has 1 atom stereocenters. The van der Waals surface area contributed by atoms with Crippen LogP contribution in [-0.2, 0) is 16.0 Å². The third kappa shape index (κ3) is 5.13. The Labute approximate surface area is 153 Å². The van der Waals surface area contributed by atoms with E-state index in [9.17, 15) is 4.79 Å². The number of thiazole rings is 1. The Morgan fingerprint density at radius 1 is 1.36 bits per heavy atom. The average Bonchev–Trinajstić information content (AvgIpc) is 3.14. The summed E-state index contributed by atoms with van der Waals surface area (Å²) in [6, 6.07) is 10.2. The van der Waals surface area contributed by atoms with Gasteiger partial charge in [-0.3, -0.25) is 4.79 Å². The maximum Gasteiger partial charge on any atom is 0.222 e. The summed E-state index contributed by atoms with van der Waals surface area (Å²) < 4.78 is 5.53. The van der Waals surface area contributed by atoms with Gasteiger partial charge in [-0.2, -0.15) is 0 Å². The van der Waals surface area contributed by atoms with Gasteiger partial charge in [-0.15, -0.1) is 11.3 Å². The van der Waals surface area contributed by atoms with E-state index in [4.69, 9.17) is 4.74 Å². The zero-order valence-electron chi connectivity index (χ0n) is 14.8. The Balaban J connectivity index is 1.50. The van der Waals surface area contributed by atoms with E-state index in [2.05, 4.69) is 22.5 Å². The molecular weight excluding hydrogens is 332 g/mol. The highest BCUT2D eigenvalue weighted by atomic mass is 32.1. The number of aromatic nitrogens is 1. The molecule has 1 unspecified atom stereocenters. The zero-order chi connectivity index (χ0) is 17.5. The highest BCUT2D eigenvalue weighted by molar-refractivity contribution is 7.13. The van der Waals surface area contributed by atoms with Crippen molar-refractivity contribution in [2.45, 2.75) is 32.6 Å². The molecule has 1 aromatic carbocycles. The zero-order valence-corrected chi connectivity index (χ0v) is 15.6. The average molecular weight is 359 g/mol. The molecule has 134 valence electrons. The lowest BCUT2D eigenvalue weighted by Crippen LogP contribution is -2.41. The van der Waals surface area contributed by atoms with E-state index >= 15 is 0 Å². The smallest absolute Gasteiger partial charge is 0.222 e. The minimum atomic E-state index is 0.246. The van der Waals surface area contributed by atoms with Crippen LogP contribution in [0.2, 0.25) is 0 Å². The number of piperidine rings is 1. The molecule has 1 saturated heterocycles. The van der Waals surface area contributed by atoms with E-state index in [0.29, 0.717) is 12.3 Å². The molecule has 1 aliphatic rings. The number of amides is 1. The van der Waals surface area contributed by atoms with Crippen molar-refractivity contribution in [2.75, 3.05) is 26.3 Å². The van der Waals surface area contributed by atoms with Gasteiger partial charge in [0.1, 0.15) is 5.01 Å². The Morgan fingerprint density at radius 3 is 3.00 bits per heavy atom. The second kappa shape index (κ2) is 9.11. The fourth-order valence-corrected chi connectivity index (χ4v) is 4.10. The molecule has 2 aromatic rings. The van der Waals surface area contributed by atoms with Crippen molar-refractivity contribution in [3.8, 4) is 10.6 Å². The third-order valence-electron chi connectivity index (χ3n) is 4.60. The molecule has 2 heterocycles. The van der Waals surface area contributed by atoms with E-state index in [0.717, 1.165) is 61.8 Å². The van der Waals surface area contributed by atoms with Crippen molar-refractivity contribution in [1.29, 1.82) is 0 Å². The van der Waals surface area contributed by atoms with E-state index in [1.54, 1.807) is 11.3 Å².